The molecule has 0 bridgehead atoms. The Labute approximate surface area is 120 Å². The molecular formula is C14H26N2O4. The molecular weight excluding hydrogens is 260 g/mol. The number of aliphatic carboxylic acids is 1. The average Bonchev–Trinajstić information content (AvgIpc) is 2.43. The predicted octanol–water partition coefficient (Wildman–Crippen LogP) is 1.70. The Morgan fingerprint density at radius 1 is 1.45 bits per heavy atom. The number of rotatable bonds is 7. The molecule has 2 amide bonds. The van der Waals surface area contributed by atoms with E-state index in [0.29, 0.717) is 19.7 Å². The third kappa shape index (κ3) is 5.77. The van der Waals surface area contributed by atoms with E-state index in [4.69, 9.17) is 9.84 Å². The molecule has 116 valence electrons. The van der Waals surface area contributed by atoms with Crippen molar-refractivity contribution in [3.05, 3.63) is 0 Å². The van der Waals surface area contributed by atoms with Gasteiger partial charge in [0, 0.05) is 32.7 Å². The van der Waals surface area contributed by atoms with Gasteiger partial charge in [0.1, 0.15) is 0 Å². The second-order valence-corrected chi connectivity index (χ2v) is 5.22. The number of ether oxygens (including phenoxy) is 1. The lowest BCUT2D eigenvalue weighted by Gasteiger charge is -2.32. The Hall–Kier alpha value is -1.30. The molecule has 0 aromatic heterocycles. The second kappa shape index (κ2) is 8.79. The molecule has 2 atom stereocenters. The van der Waals surface area contributed by atoms with Crippen LogP contribution in [-0.4, -0.2) is 54.4 Å². The normalized spacial score (nSPS) is 20.5. The van der Waals surface area contributed by atoms with Crippen molar-refractivity contribution in [2.45, 2.75) is 45.6 Å². The minimum absolute atomic E-state index is 0.0103. The van der Waals surface area contributed by atoms with Crippen LogP contribution < -0.4 is 5.32 Å². The number of piperidine rings is 1. The lowest BCUT2D eigenvalue weighted by molar-refractivity contribution is -0.138. The highest BCUT2D eigenvalue weighted by atomic mass is 16.5. The smallest absolute Gasteiger partial charge is 0.317 e. The highest BCUT2D eigenvalue weighted by molar-refractivity contribution is 5.74. The summed E-state index contributed by atoms with van der Waals surface area (Å²) in [5, 5.41) is 11.6. The van der Waals surface area contributed by atoms with Crippen molar-refractivity contribution in [1.29, 1.82) is 0 Å². The van der Waals surface area contributed by atoms with Crippen molar-refractivity contribution < 1.29 is 19.4 Å². The first-order valence-electron chi connectivity index (χ1n) is 7.42. The third-order valence-electron chi connectivity index (χ3n) is 3.65. The summed E-state index contributed by atoms with van der Waals surface area (Å²) in [5.41, 5.74) is 0. The van der Waals surface area contributed by atoms with Gasteiger partial charge in [-0.3, -0.25) is 4.79 Å². The van der Waals surface area contributed by atoms with Gasteiger partial charge in [-0.1, -0.05) is 13.3 Å². The Bertz CT molecular complexity index is 320. The molecule has 6 heteroatoms. The first kappa shape index (κ1) is 16.8. The van der Waals surface area contributed by atoms with E-state index in [0.717, 1.165) is 25.8 Å². The van der Waals surface area contributed by atoms with Gasteiger partial charge < -0.3 is 20.1 Å². The SMILES string of the molecule is CCOC1CCCN(C(=O)NCC(CC)CC(=O)O)C1. The summed E-state index contributed by atoms with van der Waals surface area (Å²) in [6.07, 6.45) is 2.91. The summed E-state index contributed by atoms with van der Waals surface area (Å²) >= 11 is 0. The van der Waals surface area contributed by atoms with Crippen molar-refractivity contribution in [3.63, 3.8) is 0 Å². The number of carboxylic acid groups (broad SMARTS) is 1. The van der Waals surface area contributed by atoms with Crippen LogP contribution in [0.3, 0.4) is 0 Å². The maximum absolute atomic E-state index is 12.1. The summed E-state index contributed by atoms with van der Waals surface area (Å²) in [6.45, 7) is 6.33. The fraction of sp³-hybridized carbons (Fsp3) is 0.857. The van der Waals surface area contributed by atoms with Crippen molar-refractivity contribution in [3.8, 4) is 0 Å². The topological polar surface area (TPSA) is 78.9 Å². The van der Waals surface area contributed by atoms with Gasteiger partial charge in [-0.2, -0.15) is 0 Å². The molecule has 0 spiro atoms. The first-order chi connectivity index (χ1) is 9.56. The molecule has 0 aromatic carbocycles. The number of hydrogen-bond donors (Lipinski definition) is 2. The third-order valence-corrected chi connectivity index (χ3v) is 3.65. The number of carbonyl (C=O) groups excluding carboxylic acids is 1. The summed E-state index contributed by atoms with van der Waals surface area (Å²) in [7, 11) is 0. The van der Waals surface area contributed by atoms with E-state index in [2.05, 4.69) is 5.32 Å². The standard InChI is InChI=1S/C14H26N2O4/c1-3-11(8-13(17)18)9-15-14(19)16-7-5-6-12(10-16)20-4-2/h11-12H,3-10H2,1-2H3,(H,15,19)(H,17,18). The fourth-order valence-electron chi connectivity index (χ4n) is 2.45. The molecule has 2 unspecified atom stereocenters. The van der Waals surface area contributed by atoms with Crippen molar-refractivity contribution in [1.82, 2.24) is 10.2 Å². The van der Waals surface area contributed by atoms with Gasteiger partial charge in [-0.15, -0.1) is 0 Å². The molecule has 0 saturated carbocycles. The zero-order valence-electron chi connectivity index (χ0n) is 12.4. The Morgan fingerprint density at radius 2 is 2.20 bits per heavy atom. The second-order valence-electron chi connectivity index (χ2n) is 5.22. The quantitative estimate of drug-likeness (QED) is 0.746. The molecule has 2 N–H and O–H groups in total. The number of carboxylic acids is 1. The molecule has 0 aliphatic carbocycles. The van der Waals surface area contributed by atoms with Gasteiger partial charge >= 0.3 is 12.0 Å². The Morgan fingerprint density at radius 3 is 2.80 bits per heavy atom. The van der Waals surface area contributed by atoms with E-state index in [1.54, 1.807) is 4.90 Å². The Balaban J connectivity index is 2.35. The summed E-state index contributed by atoms with van der Waals surface area (Å²) in [5.74, 6) is -0.829. The van der Waals surface area contributed by atoms with Gasteiger partial charge in [0.15, 0.2) is 0 Å². The van der Waals surface area contributed by atoms with E-state index in [1.807, 2.05) is 13.8 Å². The van der Waals surface area contributed by atoms with Crippen LogP contribution in [0.5, 0.6) is 0 Å². The van der Waals surface area contributed by atoms with Gasteiger partial charge in [0.05, 0.1) is 6.10 Å². The van der Waals surface area contributed by atoms with E-state index >= 15 is 0 Å². The molecule has 1 aliphatic heterocycles. The van der Waals surface area contributed by atoms with E-state index in [1.165, 1.54) is 0 Å². The molecule has 1 fully saturated rings. The van der Waals surface area contributed by atoms with Crippen LogP contribution in [0.4, 0.5) is 4.79 Å². The highest BCUT2D eigenvalue weighted by Crippen LogP contribution is 2.13. The molecule has 1 rings (SSSR count). The first-order valence-corrected chi connectivity index (χ1v) is 7.42. The van der Waals surface area contributed by atoms with Crippen LogP contribution in [-0.2, 0) is 9.53 Å². The van der Waals surface area contributed by atoms with Crippen LogP contribution in [0.15, 0.2) is 0 Å². The molecule has 6 nitrogen and oxygen atoms in total. The molecule has 1 heterocycles. The molecule has 1 aliphatic rings. The zero-order chi connectivity index (χ0) is 15.0. The summed E-state index contributed by atoms with van der Waals surface area (Å²) in [6, 6.07) is -0.113. The van der Waals surface area contributed by atoms with Crippen molar-refractivity contribution in [2.24, 2.45) is 5.92 Å². The fourth-order valence-corrected chi connectivity index (χ4v) is 2.45. The van der Waals surface area contributed by atoms with E-state index < -0.39 is 5.97 Å². The molecule has 20 heavy (non-hydrogen) atoms. The monoisotopic (exact) mass is 286 g/mol. The lowest BCUT2D eigenvalue weighted by Crippen LogP contribution is -2.48. The number of nitrogens with zero attached hydrogens (tertiary/aromatic N) is 1. The van der Waals surface area contributed by atoms with Crippen molar-refractivity contribution >= 4 is 12.0 Å². The van der Waals surface area contributed by atoms with E-state index in [-0.39, 0.29) is 24.5 Å². The zero-order valence-corrected chi connectivity index (χ0v) is 12.4. The van der Waals surface area contributed by atoms with Crippen LogP contribution in [0, 0.1) is 5.92 Å². The van der Waals surface area contributed by atoms with Crippen LogP contribution in [0.1, 0.15) is 39.5 Å². The van der Waals surface area contributed by atoms with Crippen LogP contribution >= 0.6 is 0 Å². The van der Waals surface area contributed by atoms with Gasteiger partial charge in [-0.05, 0) is 25.7 Å². The number of carbonyl (C=O) groups is 2. The minimum Gasteiger partial charge on any atom is -0.481 e. The number of likely N-dealkylation sites (tertiary alicyclic amines) is 1. The molecule has 0 radical (unpaired) electrons. The Kier molecular flexibility index (Phi) is 7.36. The summed E-state index contributed by atoms with van der Waals surface area (Å²) < 4.78 is 5.56. The van der Waals surface area contributed by atoms with Crippen LogP contribution in [0.25, 0.3) is 0 Å². The molecule has 0 aromatic rings. The maximum atomic E-state index is 12.1. The number of amides is 2. The lowest BCUT2D eigenvalue weighted by atomic mass is 10.0. The number of nitrogens with one attached hydrogen (secondary N) is 1. The number of urea groups is 1. The largest absolute Gasteiger partial charge is 0.481 e. The predicted molar refractivity (Wildman–Crippen MR) is 75.7 cm³/mol. The maximum Gasteiger partial charge on any atom is 0.317 e. The molecule has 1 saturated heterocycles. The highest BCUT2D eigenvalue weighted by Gasteiger charge is 2.24. The van der Waals surface area contributed by atoms with Gasteiger partial charge in [0.25, 0.3) is 0 Å². The van der Waals surface area contributed by atoms with Crippen LogP contribution in [0.2, 0.25) is 0 Å². The van der Waals surface area contributed by atoms with Gasteiger partial charge in [-0.25, -0.2) is 4.79 Å². The van der Waals surface area contributed by atoms with Gasteiger partial charge in [0.2, 0.25) is 0 Å². The van der Waals surface area contributed by atoms with Crippen molar-refractivity contribution in [2.75, 3.05) is 26.2 Å². The number of hydrogen-bond acceptors (Lipinski definition) is 3. The summed E-state index contributed by atoms with van der Waals surface area (Å²) in [4.78, 5) is 24.5. The minimum atomic E-state index is -0.819. The van der Waals surface area contributed by atoms with E-state index in [9.17, 15) is 9.59 Å². The average molecular weight is 286 g/mol.